The second-order valence-electron chi connectivity index (χ2n) is 5.90. The molecule has 2 heteroatoms. The summed E-state index contributed by atoms with van der Waals surface area (Å²) < 4.78 is 6.20. The molecule has 2 nitrogen and oxygen atoms in total. The second-order valence-corrected chi connectivity index (χ2v) is 5.90. The molecule has 1 aliphatic rings. The van der Waals surface area contributed by atoms with Gasteiger partial charge >= 0.3 is 0 Å². The largest absolute Gasteiger partial charge is 0.490 e. The molecular weight excluding hydrogens is 236 g/mol. The van der Waals surface area contributed by atoms with E-state index in [0.29, 0.717) is 6.10 Å². The van der Waals surface area contributed by atoms with E-state index < -0.39 is 6.10 Å². The predicted octanol–water partition coefficient (Wildman–Crippen LogP) is 4.40. The molecule has 1 saturated carbocycles. The first-order chi connectivity index (χ1) is 9.10. The number of hydrogen-bond donors (Lipinski definition) is 1. The molecule has 1 fully saturated rings. The Bertz CT molecular complexity index is 412. The van der Waals surface area contributed by atoms with E-state index >= 15 is 0 Å². The minimum absolute atomic E-state index is 0.318. The van der Waals surface area contributed by atoms with E-state index in [0.717, 1.165) is 30.1 Å². The molecule has 0 aliphatic heterocycles. The van der Waals surface area contributed by atoms with Crippen LogP contribution in [0.25, 0.3) is 0 Å². The topological polar surface area (TPSA) is 29.5 Å². The molecule has 3 unspecified atom stereocenters. The molecule has 1 aromatic carbocycles. The van der Waals surface area contributed by atoms with E-state index in [4.69, 9.17) is 4.74 Å². The van der Waals surface area contributed by atoms with Gasteiger partial charge in [0.1, 0.15) is 5.75 Å². The molecule has 19 heavy (non-hydrogen) atoms. The average molecular weight is 262 g/mol. The van der Waals surface area contributed by atoms with Crippen LogP contribution in [0.2, 0.25) is 0 Å². The Morgan fingerprint density at radius 3 is 2.84 bits per heavy atom. The summed E-state index contributed by atoms with van der Waals surface area (Å²) in [5.41, 5.74) is 2.09. The van der Waals surface area contributed by atoms with Crippen LogP contribution in [0.5, 0.6) is 5.75 Å². The van der Waals surface area contributed by atoms with Crippen molar-refractivity contribution in [3.8, 4) is 5.75 Å². The zero-order chi connectivity index (χ0) is 13.8. The number of aryl methyl sites for hydroxylation is 1. The molecule has 0 amide bonds. The Morgan fingerprint density at radius 1 is 1.37 bits per heavy atom. The molecule has 1 aliphatic carbocycles. The fourth-order valence-electron chi connectivity index (χ4n) is 2.99. The molecule has 0 saturated heterocycles. The third kappa shape index (κ3) is 3.73. The standard InChI is InChI=1S/C17H26O2/c1-4-14-6-5-7-15(11-14)19-17-10-12(2)8-9-16(17)13(3)18/h8-10,13-15,18H,4-7,11H2,1-3H3. The van der Waals surface area contributed by atoms with E-state index in [1.165, 1.54) is 24.8 Å². The number of aliphatic hydroxyl groups is 1. The van der Waals surface area contributed by atoms with Crippen LogP contribution >= 0.6 is 0 Å². The number of hydrogen-bond acceptors (Lipinski definition) is 2. The molecule has 2 rings (SSSR count). The van der Waals surface area contributed by atoms with Crippen LogP contribution in [0.1, 0.15) is 63.2 Å². The smallest absolute Gasteiger partial charge is 0.125 e. The van der Waals surface area contributed by atoms with Gasteiger partial charge < -0.3 is 9.84 Å². The molecule has 0 aromatic heterocycles. The van der Waals surface area contributed by atoms with Crippen molar-refractivity contribution >= 4 is 0 Å². The van der Waals surface area contributed by atoms with E-state index in [9.17, 15) is 5.11 Å². The molecule has 0 spiro atoms. The lowest BCUT2D eigenvalue weighted by Crippen LogP contribution is -2.25. The lowest BCUT2D eigenvalue weighted by molar-refractivity contribution is 0.115. The summed E-state index contributed by atoms with van der Waals surface area (Å²) in [6, 6.07) is 6.07. The summed E-state index contributed by atoms with van der Waals surface area (Å²) in [6.07, 6.45) is 6.00. The van der Waals surface area contributed by atoms with Gasteiger partial charge in [0.2, 0.25) is 0 Å². The van der Waals surface area contributed by atoms with Gasteiger partial charge in [-0.2, -0.15) is 0 Å². The third-order valence-electron chi connectivity index (χ3n) is 4.22. The zero-order valence-corrected chi connectivity index (χ0v) is 12.4. The van der Waals surface area contributed by atoms with Gasteiger partial charge in [-0.15, -0.1) is 0 Å². The maximum Gasteiger partial charge on any atom is 0.125 e. The normalized spacial score (nSPS) is 25.1. The summed E-state index contributed by atoms with van der Waals surface area (Å²) in [4.78, 5) is 0. The molecule has 1 aromatic rings. The first-order valence-electron chi connectivity index (χ1n) is 7.55. The van der Waals surface area contributed by atoms with Gasteiger partial charge in [-0.25, -0.2) is 0 Å². The van der Waals surface area contributed by atoms with E-state index in [1.807, 2.05) is 12.1 Å². The summed E-state index contributed by atoms with van der Waals surface area (Å²) in [7, 11) is 0. The van der Waals surface area contributed by atoms with Crippen molar-refractivity contribution in [2.45, 2.75) is 65.1 Å². The SMILES string of the molecule is CCC1CCCC(Oc2cc(C)ccc2C(C)O)C1. The van der Waals surface area contributed by atoms with Crippen molar-refractivity contribution < 1.29 is 9.84 Å². The minimum Gasteiger partial charge on any atom is -0.490 e. The van der Waals surface area contributed by atoms with Crippen LogP contribution in [0, 0.1) is 12.8 Å². The first-order valence-corrected chi connectivity index (χ1v) is 7.55. The fraction of sp³-hybridized carbons (Fsp3) is 0.647. The Balaban J connectivity index is 2.11. The van der Waals surface area contributed by atoms with Crippen LogP contribution in [0.15, 0.2) is 18.2 Å². The maximum absolute atomic E-state index is 9.84. The Kier molecular flexibility index (Phi) is 4.87. The molecule has 106 valence electrons. The highest BCUT2D eigenvalue weighted by Gasteiger charge is 2.23. The second kappa shape index (κ2) is 6.42. The number of rotatable bonds is 4. The van der Waals surface area contributed by atoms with Gasteiger partial charge in [-0.1, -0.05) is 31.9 Å². The average Bonchev–Trinajstić information content (AvgIpc) is 2.38. The summed E-state index contributed by atoms with van der Waals surface area (Å²) in [5, 5.41) is 9.84. The van der Waals surface area contributed by atoms with Crippen molar-refractivity contribution in [3.63, 3.8) is 0 Å². The summed E-state index contributed by atoms with van der Waals surface area (Å²) >= 11 is 0. The van der Waals surface area contributed by atoms with Crippen molar-refractivity contribution in [1.29, 1.82) is 0 Å². The zero-order valence-electron chi connectivity index (χ0n) is 12.4. The van der Waals surface area contributed by atoms with E-state index in [2.05, 4.69) is 19.9 Å². The monoisotopic (exact) mass is 262 g/mol. The van der Waals surface area contributed by atoms with Crippen molar-refractivity contribution in [2.24, 2.45) is 5.92 Å². The highest BCUT2D eigenvalue weighted by atomic mass is 16.5. The molecular formula is C17H26O2. The van der Waals surface area contributed by atoms with Gasteiger partial charge in [-0.05, 0) is 50.7 Å². The lowest BCUT2D eigenvalue weighted by atomic mass is 9.85. The van der Waals surface area contributed by atoms with Crippen molar-refractivity contribution in [3.05, 3.63) is 29.3 Å². The Labute approximate surface area is 116 Å². The first kappa shape index (κ1) is 14.4. The van der Waals surface area contributed by atoms with Gasteiger partial charge in [0.05, 0.1) is 12.2 Å². The van der Waals surface area contributed by atoms with Crippen LogP contribution < -0.4 is 4.74 Å². The molecule has 0 bridgehead atoms. The quantitative estimate of drug-likeness (QED) is 0.871. The van der Waals surface area contributed by atoms with E-state index in [1.54, 1.807) is 6.92 Å². The minimum atomic E-state index is -0.471. The van der Waals surface area contributed by atoms with Gasteiger partial charge in [0.15, 0.2) is 0 Å². The van der Waals surface area contributed by atoms with Crippen LogP contribution in [-0.2, 0) is 0 Å². The number of ether oxygens (including phenoxy) is 1. The van der Waals surface area contributed by atoms with Crippen molar-refractivity contribution in [2.75, 3.05) is 0 Å². The van der Waals surface area contributed by atoms with Gasteiger partial charge in [0.25, 0.3) is 0 Å². The number of benzene rings is 1. The predicted molar refractivity (Wildman–Crippen MR) is 78.5 cm³/mol. The Morgan fingerprint density at radius 2 is 2.16 bits per heavy atom. The fourth-order valence-corrected chi connectivity index (χ4v) is 2.99. The highest BCUT2D eigenvalue weighted by Crippen LogP contribution is 2.33. The summed E-state index contributed by atoms with van der Waals surface area (Å²) in [6.45, 7) is 6.13. The van der Waals surface area contributed by atoms with Gasteiger partial charge in [0, 0.05) is 5.56 Å². The third-order valence-corrected chi connectivity index (χ3v) is 4.22. The van der Waals surface area contributed by atoms with E-state index in [-0.39, 0.29) is 0 Å². The maximum atomic E-state index is 9.84. The molecule has 0 heterocycles. The highest BCUT2D eigenvalue weighted by molar-refractivity contribution is 5.38. The molecule has 1 N–H and O–H groups in total. The Hall–Kier alpha value is -1.02. The van der Waals surface area contributed by atoms with Crippen LogP contribution in [0.3, 0.4) is 0 Å². The molecule has 3 atom stereocenters. The van der Waals surface area contributed by atoms with Gasteiger partial charge in [-0.3, -0.25) is 0 Å². The van der Waals surface area contributed by atoms with Crippen LogP contribution in [-0.4, -0.2) is 11.2 Å². The van der Waals surface area contributed by atoms with Crippen molar-refractivity contribution in [1.82, 2.24) is 0 Å². The molecule has 0 radical (unpaired) electrons. The number of aliphatic hydroxyl groups excluding tert-OH is 1. The van der Waals surface area contributed by atoms with Crippen LogP contribution in [0.4, 0.5) is 0 Å². The summed E-state index contributed by atoms with van der Waals surface area (Å²) in [5.74, 6) is 1.68. The lowest BCUT2D eigenvalue weighted by Gasteiger charge is -2.30.